The van der Waals surface area contributed by atoms with Crippen LogP contribution in [0.5, 0.6) is 0 Å². The molecule has 0 fully saturated rings. The van der Waals surface area contributed by atoms with Crippen LogP contribution in [-0.2, 0) is 11.3 Å². The van der Waals surface area contributed by atoms with E-state index >= 15 is 0 Å². The van der Waals surface area contributed by atoms with Crippen LogP contribution in [0.1, 0.15) is 55.1 Å². The fourth-order valence-corrected chi connectivity index (χ4v) is 5.20. The van der Waals surface area contributed by atoms with E-state index < -0.39 is 24.6 Å². The monoisotopic (exact) mass is 581 g/mol. The second-order valence-corrected chi connectivity index (χ2v) is 10.4. The normalized spacial score (nSPS) is 12.4. The molecule has 0 bridgehead atoms. The zero-order chi connectivity index (χ0) is 29.5. The summed E-state index contributed by atoms with van der Waals surface area (Å²) in [7, 11) is 0. The molecule has 215 valence electrons. The largest absolute Gasteiger partial charge is 0.481 e. The maximum atomic E-state index is 14.0. The Morgan fingerprint density at radius 1 is 0.857 bits per heavy atom. The van der Waals surface area contributed by atoms with E-state index in [0.717, 1.165) is 11.3 Å². The fourth-order valence-electron chi connectivity index (χ4n) is 5.20. The van der Waals surface area contributed by atoms with Crippen LogP contribution in [-0.4, -0.2) is 73.5 Å². The standard InChI is InChI=1S/C33H35FN2O5.Na/c1-21(2)31-30(33(41)35-25-11-7-4-8-12-25)29(22-9-5-3-6-10-22)32(23-13-15-24(34)16-14-23)36(31)18-17-26(37)19-27(38)20-28(39)40;/h3-16,21,26-27,37-38H,17-20H2,1-2H3,(H,35,41)(H,39,40);/t26-,27+;/m0./s1. The van der Waals surface area contributed by atoms with E-state index in [1.165, 1.54) is 12.1 Å². The number of hydrogen-bond acceptors (Lipinski definition) is 4. The van der Waals surface area contributed by atoms with Crippen molar-refractivity contribution >= 4 is 47.1 Å². The number of aliphatic hydroxyl groups excluding tert-OH is 2. The number of nitrogens with zero attached hydrogens (tertiary/aromatic N) is 1. The van der Waals surface area contributed by atoms with Crippen LogP contribution >= 0.6 is 0 Å². The fraction of sp³-hybridized carbons (Fsp3) is 0.273. The Morgan fingerprint density at radius 3 is 2.02 bits per heavy atom. The number of amides is 1. The van der Waals surface area contributed by atoms with E-state index in [1.807, 2.05) is 79.1 Å². The molecule has 0 aliphatic carbocycles. The van der Waals surface area contributed by atoms with Crippen molar-refractivity contribution in [3.8, 4) is 22.4 Å². The number of para-hydroxylation sites is 1. The van der Waals surface area contributed by atoms with Gasteiger partial charge < -0.3 is 25.2 Å². The van der Waals surface area contributed by atoms with E-state index in [9.17, 15) is 24.2 Å². The van der Waals surface area contributed by atoms with Gasteiger partial charge in [-0.2, -0.15) is 0 Å². The van der Waals surface area contributed by atoms with E-state index in [-0.39, 0.29) is 66.6 Å². The zero-order valence-electron chi connectivity index (χ0n) is 24.1. The maximum absolute atomic E-state index is 14.0. The third-order valence-electron chi connectivity index (χ3n) is 6.93. The molecule has 0 saturated carbocycles. The molecule has 0 spiro atoms. The van der Waals surface area contributed by atoms with E-state index in [2.05, 4.69) is 5.32 Å². The van der Waals surface area contributed by atoms with E-state index in [1.54, 1.807) is 12.1 Å². The summed E-state index contributed by atoms with van der Waals surface area (Å²) in [5.74, 6) is -1.93. The summed E-state index contributed by atoms with van der Waals surface area (Å²) in [6.07, 6.45) is -2.51. The summed E-state index contributed by atoms with van der Waals surface area (Å²) in [6.45, 7) is 4.25. The summed E-state index contributed by atoms with van der Waals surface area (Å²) < 4.78 is 16.0. The van der Waals surface area contributed by atoms with Gasteiger partial charge in [0.2, 0.25) is 0 Å². The molecule has 2 atom stereocenters. The Kier molecular flexibility index (Phi) is 12.1. The number of hydrogen-bond donors (Lipinski definition) is 4. The number of carboxylic acid groups (broad SMARTS) is 1. The van der Waals surface area contributed by atoms with Crippen LogP contribution in [0.2, 0.25) is 0 Å². The molecule has 1 heterocycles. The van der Waals surface area contributed by atoms with Gasteiger partial charge in [0.05, 0.1) is 29.9 Å². The maximum Gasteiger partial charge on any atom is 0.305 e. The van der Waals surface area contributed by atoms with Crippen molar-refractivity contribution in [3.63, 3.8) is 0 Å². The molecule has 42 heavy (non-hydrogen) atoms. The van der Waals surface area contributed by atoms with Crippen molar-refractivity contribution in [1.82, 2.24) is 4.57 Å². The first-order chi connectivity index (χ1) is 19.7. The first kappa shape index (κ1) is 33.2. The first-order valence-corrected chi connectivity index (χ1v) is 13.7. The smallest absolute Gasteiger partial charge is 0.305 e. The molecule has 0 saturated heterocycles. The third-order valence-corrected chi connectivity index (χ3v) is 6.93. The molecule has 1 radical (unpaired) electrons. The predicted molar refractivity (Wildman–Crippen MR) is 163 cm³/mol. The first-order valence-electron chi connectivity index (χ1n) is 13.7. The number of rotatable bonds is 12. The van der Waals surface area contributed by atoms with Crippen molar-refractivity contribution in [2.75, 3.05) is 5.32 Å². The number of carbonyl (C=O) groups is 2. The minimum atomic E-state index is -1.18. The van der Waals surface area contributed by atoms with Gasteiger partial charge in [-0.1, -0.05) is 62.4 Å². The number of halogens is 1. The molecular weight excluding hydrogens is 546 g/mol. The summed E-state index contributed by atoms with van der Waals surface area (Å²) in [6, 6.07) is 24.8. The van der Waals surface area contributed by atoms with Crippen LogP contribution in [0.15, 0.2) is 84.9 Å². The zero-order valence-corrected chi connectivity index (χ0v) is 26.1. The van der Waals surface area contributed by atoms with Gasteiger partial charge in [-0.05, 0) is 66.3 Å². The molecule has 4 N–H and O–H groups in total. The van der Waals surface area contributed by atoms with Gasteiger partial charge in [-0.25, -0.2) is 4.39 Å². The number of aliphatic hydroxyl groups is 2. The average Bonchev–Trinajstić information content (AvgIpc) is 3.28. The van der Waals surface area contributed by atoms with Gasteiger partial charge in [0, 0.05) is 53.0 Å². The van der Waals surface area contributed by atoms with Crippen LogP contribution < -0.4 is 5.32 Å². The van der Waals surface area contributed by atoms with Crippen LogP contribution in [0.4, 0.5) is 10.1 Å². The Balaban J connectivity index is 0.00000484. The third kappa shape index (κ3) is 8.18. The SMILES string of the molecule is CC(C)c1c(C(=O)Nc2ccccc2)c(-c2ccccc2)c(-c2ccc(F)cc2)n1CC[C@H](O)C[C@@H](O)CC(=O)O.[Na]. The molecule has 9 heteroatoms. The molecule has 3 aromatic carbocycles. The number of benzene rings is 3. The molecule has 4 rings (SSSR count). The van der Waals surface area contributed by atoms with E-state index in [0.29, 0.717) is 28.1 Å². The van der Waals surface area contributed by atoms with Crippen LogP contribution in [0, 0.1) is 5.82 Å². The Bertz CT molecular complexity index is 1470. The summed E-state index contributed by atoms with van der Waals surface area (Å²) in [5, 5.41) is 32.8. The number of carboxylic acids is 1. The van der Waals surface area contributed by atoms with Gasteiger partial charge in [0.25, 0.3) is 5.91 Å². The Hall–Kier alpha value is -3.27. The Morgan fingerprint density at radius 2 is 1.45 bits per heavy atom. The number of aliphatic carboxylic acids is 1. The van der Waals surface area contributed by atoms with Crippen molar-refractivity contribution in [1.29, 1.82) is 0 Å². The van der Waals surface area contributed by atoms with Crippen molar-refractivity contribution in [2.45, 2.75) is 57.8 Å². The molecule has 4 aromatic rings. The molecule has 0 aliphatic heterocycles. The van der Waals surface area contributed by atoms with Gasteiger partial charge in [-0.3, -0.25) is 9.59 Å². The van der Waals surface area contributed by atoms with Crippen LogP contribution in [0.25, 0.3) is 22.4 Å². The summed E-state index contributed by atoms with van der Waals surface area (Å²) in [5.41, 5.74) is 4.77. The molecule has 7 nitrogen and oxygen atoms in total. The van der Waals surface area contributed by atoms with Crippen molar-refractivity contribution < 1.29 is 29.3 Å². The molecule has 0 aliphatic rings. The minimum Gasteiger partial charge on any atom is -0.481 e. The van der Waals surface area contributed by atoms with Crippen molar-refractivity contribution in [3.05, 3.63) is 102 Å². The van der Waals surface area contributed by atoms with Gasteiger partial charge in [-0.15, -0.1) is 0 Å². The quantitative estimate of drug-likeness (QED) is 0.155. The molecule has 1 aromatic heterocycles. The molecular formula is C33H35FN2NaO5. The second-order valence-electron chi connectivity index (χ2n) is 10.4. The van der Waals surface area contributed by atoms with Crippen LogP contribution in [0.3, 0.4) is 0 Å². The Labute approximate surface area is 267 Å². The number of carbonyl (C=O) groups excluding carboxylic acids is 1. The average molecular weight is 582 g/mol. The minimum absolute atomic E-state index is 0. The van der Waals surface area contributed by atoms with Gasteiger partial charge in [0.15, 0.2) is 0 Å². The topological polar surface area (TPSA) is 112 Å². The second kappa shape index (κ2) is 15.3. The van der Waals surface area contributed by atoms with Crippen molar-refractivity contribution in [2.24, 2.45) is 0 Å². The number of anilines is 1. The summed E-state index contributed by atoms with van der Waals surface area (Å²) >= 11 is 0. The summed E-state index contributed by atoms with van der Waals surface area (Å²) in [4.78, 5) is 25.0. The number of nitrogens with one attached hydrogen (secondary N) is 1. The van der Waals surface area contributed by atoms with Gasteiger partial charge >= 0.3 is 5.97 Å². The number of aromatic nitrogens is 1. The van der Waals surface area contributed by atoms with E-state index in [4.69, 9.17) is 5.11 Å². The molecule has 1 amide bonds. The predicted octanol–water partition coefficient (Wildman–Crippen LogP) is 5.93. The molecule has 0 unspecified atom stereocenters. The van der Waals surface area contributed by atoms with Gasteiger partial charge in [0.1, 0.15) is 5.82 Å².